The third-order valence-electron chi connectivity index (χ3n) is 6.21. The average Bonchev–Trinajstić information content (AvgIpc) is 3.31. The number of halogens is 1. The van der Waals surface area contributed by atoms with Gasteiger partial charge in [0.1, 0.15) is 11.3 Å². The number of imidazole rings is 1. The molecule has 1 atom stereocenters. The van der Waals surface area contributed by atoms with Gasteiger partial charge in [-0.05, 0) is 62.2 Å². The first-order valence-corrected chi connectivity index (χ1v) is 13.8. The first kappa shape index (κ1) is 27.6. The zero-order valence-electron chi connectivity index (χ0n) is 20.9. The Morgan fingerprint density at radius 1 is 1.11 bits per heavy atom. The average molecular weight is 557 g/mol. The molecule has 0 bridgehead atoms. The maximum Gasteiger partial charge on any atom is 0.337 e. The summed E-state index contributed by atoms with van der Waals surface area (Å²) in [5.74, 6) is -0.428. The second-order valence-electron chi connectivity index (χ2n) is 9.64. The molecule has 0 spiro atoms. The first-order chi connectivity index (χ1) is 17.9. The quantitative estimate of drug-likeness (QED) is 0.179. The number of aliphatic hydroxyl groups excluding tert-OH is 1. The van der Waals surface area contributed by atoms with Crippen molar-refractivity contribution in [1.29, 1.82) is 0 Å². The number of β-amino-alcohol motifs (C(OH)–C–C–N with tert-alkyl or cyclic N) is 1. The molecule has 0 fully saturated rings. The molecule has 11 heteroatoms. The fourth-order valence-corrected chi connectivity index (χ4v) is 5.37. The molecule has 200 valence electrons. The van der Waals surface area contributed by atoms with Crippen LogP contribution >= 0.6 is 11.6 Å². The Bertz CT molecular complexity index is 1550. The van der Waals surface area contributed by atoms with Crippen molar-refractivity contribution in [2.75, 3.05) is 11.3 Å². The third-order valence-corrected chi connectivity index (χ3v) is 7.99. The summed E-state index contributed by atoms with van der Waals surface area (Å²) in [6.45, 7) is 4.25. The van der Waals surface area contributed by atoms with E-state index >= 15 is 0 Å². The summed E-state index contributed by atoms with van der Waals surface area (Å²) >= 11 is 6.22. The highest BCUT2D eigenvalue weighted by molar-refractivity contribution is 7.92. The van der Waals surface area contributed by atoms with Gasteiger partial charge in [-0.1, -0.05) is 41.9 Å². The van der Waals surface area contributed by atoms with E-state index in [1.165, 1.54) is 18.2 Å². The molecule has 0 amide bonds. The molecule has 5 N–H and O–H groups in total. The number of rotatable bonds is 11. The lowest BCUT2D eigenvalue weighted by atomic mass is 9.97. The number of fused-ring (bicyclic) bond motifs is 1. The van der Waals surface area contributed by atoms with Crippen molar-refractivity contribution in [3.63, 3.8) is 0 Å². The largest absolute Gasteiger partial charge is 0.478 e. The van der Waals surface area contributed by atoms with E-state index in [4.69, 9.17) is 11.6 Å². The van der Waals surface area contributed by atoms with Gasteiger partial charge >= 0.3 is 5.97 Å². The SMILES string of the molecule is CC(C)(CCc1nc2c(Cl)c(C(=O)O)ccc2[nH]1)NC[C@H](O)c1cccc(NS(=O)(=O)c2ccccc2)c1. The lowest BCUT2D eigenvalue weighted by molar-refractivity contribution is 0.0697. The summed E-state index contributed by atoms with van der Waals surface area (Å²) < 4.78 is 27.8. The summed E-state index contributed by atoms with van der Waals surface area (Å²) in [5.41, 5.74) is 1.65. The summed E-state index contributed by atoms with van der Waals surface area (Å²) in [7, 11) is -3.74. The second-order valence-corrected chi connectivity index (χ2v) is 11.7. The van der Waals surface area contributed by atoms with E-state index in [0.717, 1.165) is 0 Å². The molecule has 1 aromatic heterocycles. The van der Waals surface area contributed by atoms with Crippen molar-refractivity contribution in [1.82, 2.24) is 15.3 Å². The van der Waals surface area contributed by atoms with Crippen LogP contribution in [0.15, 0.2) is 71.6 Å². The molecule has 38 heavy (non-hydrogen) atoms. The molecule has 4 aromatic rings. The highest BCUT2D eigenvalue weighted by atomic mass is 35.5. The molecule has 0 saturated carbocycles. The number of carboxylic acid groups (broad SMARTS) is 1. The molecular weight excluding hydrogens is 528 g/mol. The van der Waals surface area contributed by atoms with Crippen molar-refractivity contribution in [2.24, 2.45) is 0 Å². The van der Waals surface area contributed by atoms with Gasteiger partial charge in [0, 0.05) is 24.2 Å². The Kier molecular flexibility index (Phi) is 8.08. The number of sulfonamides is 1. The third kappa shape index (κ3) is 6.51. The molecule has 0 aliphatic carbocycles. The number of nitrogens with one attached hydrogen (secondary N) is 3. The number of hydrogen-bond donors (Lipinski definition) is 5. The van der Waals surface area contributed by atoms with E-state index in [1.54, 1.807) is 48.5 Å². The van der Waals surface area contributed by atoms with Crippen molar-refractivity contribution in [2.45, 2.75) is 43.2 Å². The number of benzene rings is 3. The minimum absolute atomic E-state index is 0.00475. The Hall–Kier alpha value is -3.44. The number of nitrogens with zero attached hydrogens (tertiary/aromatic N) is 1. The van der Waals surface area contributed by atoms with Crippen LogP contribution in [0.2, 0.25) is 5.02 Å². The number of aromatic nitrogens is 2. The topological polar surface area (TPSA) is 144 Å². The normalized spacial score (nSPS) is 12.9. The number of aryl methyl sites for hydroxylation is 1. The van der Waals surface area contributed by atoms with Gasteiger partial charge in [-0.25, -0.2) is 18.2 Å². The molecule has 0 radical (unpaired) electrons. The number of carbonyl (C=O) groups is 1. The number of carboxylic acids is 1. The van der Waals surface area contributed by atoms with Crippen LogP contribution in [0.25, 0.3) is 11.0 Å². The maximum absolute atomic E-state index is 12.6. The van der Waals surface area contributed by atoms with E-state index in [0.29, 0.717) is 41.0 Å². The Labute approximate surface area is 225 Å². The molecule has 0 unspecified atom stereocenters. The van der Waals surface area contributed by atoms with Gasteiger partial charge in [0.15, 0.2) is 0 Å². The van der Waals surface area contributed by atoms with Crippen molar-refractivity contribution >= 4 is 44.3 Å². The highest BCUT2D eigenvalue weighted by Crippen LogP contribution is 2.27. The van der Waals surface area contributed by atoms with Gasteiger partial charge in [0.05, 0.1) is 27.1 Å². The molecule has 3 aromatic carbocycles. The van der Waals surface area contributed by atoms with Crippen LogP contribution < -0.4 is 10.0 Å². The van der Waals surface area contributed by atoms with Crippen molar-refractivity contribution < 1.29 is 23.4 Å². The summed E-state index contributed by atoms with van der Waals surface area (Å²) in [6, 6.07) is 17.8. The fourth-order valence-electron chi connectivity index (χ4n) is 4.01. The molecule has 9 nitrogen and oxygen atoms in total. The second kappa shape index (κ2) is 11.1. The fraction of sp³-hybridized carbons (Fsp3) is 0.259. The van der Waals surface area contributed by atoms with E-state index in [9.17, 15) is 23.4 Å². The number of aromatic carboxylic acids is 1. The summed E-state index contributed by atoms with van der Waals surface area (Å²) in [5, 5.41) is 23.5. The number of hydrogen-bond acceptors (Lipinski definition) is 6. The van der Waals surface area contributed by atoms with Crippen LogP contribution in [0.4, 0.5) is 5.69 Å². The Balaban J connectivity index is 1.36. The summed E-state index contributed by atoms with van der Waals surface area (Å²) in [6.07, 6.45) is 0.370. The molecule has 1 heterocycles. The lowest BCUT2D eigenvalue weighted by Gasteiger charge is -2.28. The number of aliphatic hydroxyl groups is 1. The van der Waals surface area contributed by atoms with Crippen LogP contribution in [-0.2, 0) is 16.4 Å². The van der Waals surface area contributed by atoms with Crippen LogP contribution in [0.1, 0.15) is 48.1 Å². The van der Waals surface area contributed by atoms with Crippen LogP contribution in [0.5, 0.6) is 0 Å². The maximum atomic E-state index is 12.6. The van der Waals surface area contributed by atoms with E-state index in [-0.39, 0.29) is 27.6 Å². The van der Waals surface area contributed by atoms with Crippen molar-refractivity contribution in [3.8, 4) is 0 Å². The molecule has 0 saturated heterocycles. The van der Waals surface area contributed by atoms with Crippen LogP contribution in [0.3, 0.4) is 0 Å². The smallest absolute Gasteiger partial charge is 0.337 e. The van der Waals surface area contributed by atoms with E-state index in [1.807, 2.05) is 13.8 Å². The zero-order chi connectivity index (χ0) is 27.5. The van der Waals surface area contributed by atoms with Gasteiger partial charge in [-0.15, -0.1) is 0 Å². The first-order valence-electron chi connectivity index (χ1n) is 12.0. The van der Waals surface area contributed by atoms with Crippen molar-refractivity contribution in [3.05, 3.63) is 88.7 Å². The van der Waals surface area contributed by atoms with E-state index < -0.39 is 22.1 Å². The Morgan fingerprint density at radius 3 is 2.55 bits per heavy atom. The zero-order valence-corrected chi connectivity index (χ0v) is 22.5. The summed E-state index contributed by atoms with van der Waals surface area (Å²) in [4.78, 5) is 19.1. The standard InChI is InChI=1S/C27H29ClN4O5S/c1-27(2,14-13-23-30-21-12-11-20(26(34)35)24(28)25(21)31-23)29-16-22(33)17-7-6-8-18(15-17)32-38(36,37)19-9-4-3-5-10-19/h3-12,15,22,29,32-33H,13-14,16H2,1-2H3,(H,30,31)(H,34,35)/t22-/m0/s1. The molecule has 0 aliphatic heterocycles. The highest BCUT2D eigenvalue weighted by Gasteiger charge is 2.22. The minimum Gasteiger partial charge on any atom is -0.478 e. The van der Waals surface area contributed by atoms with Gasteiger partial charge in [0.25, 0.3) is 10.0 Å². The number of H-pyrrole nitrogens is 1. The predicted molar refractivity (Wildman–Crippen MR) is 147 cm³/mol. The van der Waals surface area contributed by atoms with Crippen LogP contribution in [-0.4, -0.2) is 46.7 Å². The molecule has 0 aliphatic rings. The van der Waals surface area contributed by atoms with Gasteiger partial charge in [-0.3, -0.25) is 4.72 Å². The minimum atomic E-state index is -3.74. The molecular formula is C27H29ClN4O5S. The van der Waals surface area contributed by atoms with Gasteiger partial charge in [-0.2, -0.15) is 0 Å². The lowest BCUT2D eigenvalue weighted by Crippen LogP contribution is -2.42. The van der Waals surface area contributed by atoms with E-state index in [2.05, 4.69) is 20.0 Å². The predicted octanol–water partition coefficient (Wildman–Crippen LogP) is 4.75. The Morgan fingerprint density at radius 2 is 1.84 bits per heavy atom. The monoisotopic (exact) mass is 556 g/mol. The van der Waals surface area contributed by atoms with Gasteiger partial charge < -0.3 is 20.5 Å². The van der Waals surface area contributed by atoms with Crippen LogP contribution in [0, 0.1) is 0 Å². The molecule has 4 rings (SSSR count). The van der Waals surface area contributed by atoms with Gasteiger partial charge in [0.2, 0.25) is 0 Å². The number of anilines is 1. The number of aromatic amines is 1.